The van der Waals surface area contributed by atoms with E-state index in [9.17, 15) is 4.39 Å². The molecule has 0 aliphatic rings. The number of hydrogen-bond acceptors (Lipinski definition) is 1. The average molecular weight is 299 g/mol. The van der Waals surface area contributed by atoms with Gasteiger partial charge in [0.1, 0.15) is 11.6 Å². The fourth-order valence-electron chi connectivity index (χ4n) is 1.85. The Morgan fingerprint density at radius 3 is 2.63 bits per heavy atom. The molecule has 0 aliphatic carbocycles. The molecule has 2 aromatic rings. The molecule has 0 amide bonds. The van der Waals surface area contributed by atoms with Gasteiger partial charge in [-0.05, 0) is 47.9 Å². The first-order valence-electron chi connectivity index (χ1n) is 5.76. The molecule has 0 spiro atoms. The van der Waals surface area contributed by atoms with Crippen molar-refractivity contribution in [1.29, 1.82) is 0 Å². The summed E-state index contributed by atoms with van der Waals surface area (Å²) in [5, 5.41) is -0.118. The Morgan fingerprint density at radius 1 is 1.21 bits per heavy atom. The maximum Gasteiger partial charge on any atom is 0.127 e. The predicted octanol–water partition coefficient (Wildman–Crippen LogP) is 5.12. The molecule has 1 nitrogen and oxygen atoms in total. The summed E-state index contributed by atoms with van der Waals surface area (Å²) >= 11 is 12.5. The van der Waals surface area contributed by atoms with E-state index in [1.54, 1.807) is 20.1 Å². The summed E-state index contributed by atoms with van der Waals surface area (Å²) in [6.45, 7) is 1.68. The topological polar surface area (TPSA) is 9.23 Å². The minimum absolute atomic E-state index is 0.325. The van der Waals surface area contributed by atoms with Gasteiger partial charge in [-0.2, -0.15) is 0 Å². The standard InChI is InChI=1S/C15H13Cl2FO/c1-9-6-12(13(16)8-14(9)18)15(17)10-4-3-5-11(7-10)19-2/h3-8,15H,1-2H3. The number of aryl methyl sites for hydroxylation is 1. The van der Waals surface area contributed by atoms with E-state index in [1.165, 1.54) is 6.07 Å². The number of rotatable bonds is 3. The maximum atomic E-state index is 13.4. The van der Waals surface area contributed by atoms with E-state index in [0.29, 0.717) is 16.1 Å². The van der Waals surface area contributed by atoms with E-state index in [-0.39, 0.29) is 5.82 Å². The highest BCUT2D eigenvalue weighted by Gasteiger charge is 2.16. The van der Waals surface area contributed by atoms with Gasteiger partial charge in [0.25, 0.3) is 0 Å². The third kappa shape index (κ3) is 3.02. The minimum Gasteiger partial charge on any atom is -0.497 e. The van der Waals surface area contributed by atoms with E-state index in [1.807, 2.05) is 24.3 Å². The predicted molar refractivity (Wildman–Crippen MR) is 76.8 cm³/mol. The van der Waals surface area contributed by atoms with Crippen LogP contribution in [0.4, 0.5) is 4.39 Å². The molecular weight excluding hydrogens is 286 g/mol. The van der Waals surface area contributed by atoms with Crippen LogP contribution in [-0.4, -0.2) is 7.11 Å². The number of hydrogen-bond donors (Lipinski definition) is 0. The zero-order valence-corrected chi connectivity index (χ0v) is 12.1. The van der Waals surface area contributed by atoms with E-state index in [2.05, 4.69) is 0 Å². The van der Waals surface area contributed by atoms with Crippen molar-refractivity contribution in [2.75, 3.05) is 7.11 Å². The van der Waals surface area contributed by atoms with Gasteiger partial charge in [0, 0.05) is 5.02 Å². The van der Waals surface area contributed by atoms with Crippen molar-refractivity contribution in [2.24, 2.45) is 0 Å². The Bertz CT molecular complexity index is 599. The number of alkyl halides is 1. The Labute approximate surface area is 121 Å². The molecule has 2 rings (SSSR count). The summed E-state index contributed by atoms with van der Waals surface area (Å²) in [6.07, 6.45) is 0. The van der Waals surface area contributed by atoms with E-state index in [4.69, 9.17) is 27.9 Å². The molecule has 100 valence electrons. The largest absolute Gasteiger partial charge is 0.497 e. The molecule has 0 heterocycles. The van der Waals surface area contributed by atoms with Gasteiger partial charge in [0.15, 0.2) is 0 Å². The number of ether oxygens (including phenoxy) is 1. The number of methoxy groups -OCH3 is 1. The molecule has 0 aliphatic heterocycles. The molecule has 1 unspecified atom stereocenters. The summed E-state index contributed by atoms with van der Waals surface area (Å²) in [5.41, 5.74) is 2.07. The molecule has 0 aromatic heterocycles. The molecule has 0 N–H and O–H groups in total. The van der Waals surface area contributed by atoms with Crippen molar-refractivity contribution in [3.8, 4) is 5.75 Å². The third-order valence-electron chi connectivity index (χ3n) is 2.94. The van der Waals surface area contributed by atoms with E-state index in [0.717, 1.165) is 11.3 Å². The average Bonchev–Trinajstić information content (AvgIpc) is 2.42. The number of halogens is 3. The van der Waals surface area contributed by atoms with Crippen LogP contribution in [0, 0.1) is 12.7 Å². The van der Waals surface area contributed by atoms with Crippen LogP contribution in [0.3, 0.4) is 0 Å². The van der Waals surface area contributed by atoms with Crippen molar-refractivity contribution >= 4 is 23.2 Å². The summed E-state index contributed by atoms with van der Waals surface area (Å²) < 4.78 is 18.6. The molecule has 0 radical (unpaired) electrons. The minimum atomic E-state index is -0.443. The smallest absolute Gasteiger partial charge is 0.127 e. The summed E-state index contributed by atoms with van der Waals surface area (Å²) in [7, 11) is 1.59. The van der Waals surface area contributed by atoms with Crippen molar-refractivity contribution in [3.63, 3.8) is 0 Å². The van der Waals surface area contributed by atoms with Crippen LogP contribution >= 0.6 is 23.2 Å². The second-order valence-corrected chi connectivity index (χ2v) is 5.11. The van der Waals surface area contributed by atoms with Crippen molar-refractivity contribution in [1.82, 2.24) is 0 Å². The van der Waals surface area contributed by atoms with E-state index >= 15 is 0 Å². The first-order chi connectivity index (χ1) is 9.02. The van der Waals surface area contributed by atoms with Crippen LogP contribution in [0.15, 0.2) is 36.4 Å². The van der Waals surface area contributed by atoms with Crippen LogP contribution in [0.5, 0.6) is 5.75 Å². The van der Waals surface area contributed by atoms with Crippen molar-refractivity contribution < 1.29 is 9.13 Å². The first kappa shape index (κ1) is 14.2. The van der Waals surface area contributed by atoms with Crippen molar-refractivity contribution in [3.05, 3.63) is 63.9 Å². The highest BCUT2D eigenvalue weighted by Crippen LogP contribution is 2.36. The Hall–Kier alpha value is -1.25. The molecule has 2 aromatic carbocycles. The molecule has 4 heteroatoms. The van der Waals surface area contributed by atoms with Gasteiger partial charge in [-0.3, -0.25) is 0 Å². The van der Waals surface area contributed by atoms with Crippen LogP contribution in [0.25, 0.3) is 0 Å². The lowest BCUT2D eigenvalue weighted by Gasteiger charge is -2.14. The zero-order valence-electron chi connectivity index (χ0n) is 10.6. The van der Waals surface area contributed by atoms with Gasteiger partial charge in [0.05, 0.1) is 12.5 Å². The van der Waals surface area contributed by atoms with Crippen LogP contribution in [-0.2, 0) is 0 Å². The van der Waals surface area contributed by atoms with E-state index < -0.39 is 5.38 Å². The lowest BCUT2D eigenvalue weighted by Crippen LogP contribution is -1.97. The van der Waals surface area contributed by atoms with Crippen molar-refractivity contribution in [2.45, 2.75) is 12.3 Å². The molecule has 0 fully saturated rings. The highest BCUT2D eigenvalue weighted by molar-refractivity contribution is 6.33. The summed E-state index contributed by atoms with van der Waals surface area (Å²) in [6, 6.07) is 10.4. The van der Waals surface area contributed by atoms with Crippen LogP contribution in [0.2, 0.25) is 5.02 Å². The fraction of sp³-hybridized carbons (Fsp3) is 0.200. The fourth-order valence-corrected chi connectivity index (χ4v) is 2.48. The Kier molecular flexibility index (Phi) is 4.33. The molecule has 0 bridgehead atoms. The van der Waals surface area contributed by atoms with Gasteiger partial charge in [-0.15, -0.1) is 11.6 Å². The molecule has 1 atom stereocenters. The van der Waals surface area contributed by atoms with Gasteiger partial charge < -0.3 is 4.74 Å². The van der Waals surface area contributed by atoms with Gasteiger partial charge in [-0.25, -0.2) is 4.39 Å². The normalized spacial score (nSPS) is 12.3. The number of benzene rings is 2. The van der Waals surface area contributed by atoms with Crippen LogP contribution in [0.1, 0.15) is 22.1 Å². The maximum absolute atomic E-state index is 13.4. The lowest BCUT2D eigenvalue weighted by atomic mass is 10.0. The lowest BCUT2D eigenvalue weighted by molar-refractivity contribution is 0.414. The first-order valence-corrected chi connectivity index (χ1v) is 6.58. The summed E-state index contributed by atoms with van der Waals surface area (Å²) in [5.74, 6) is 0.390. The van der Waals surface area contributed by atoms with Gasteiger partial charge >= 0.3 is 0 Å². The Morgan fingerprint density at radius 2 is 1.95 bits per heavy atom. The molecular formula is C15H13Cl2FO. The molecule has 19 heavy (non-hydrogen) atoms. The monoisotopic (exact) mass is 298 g/mol. The highest BCUT2D eigenvalue weighted by atomic mass is 35.5. The van der Waals surface area contributed by atoms with Gasteiger partial charge in [0.2, 0.25) is 0 Å². The SMILES string of the molecule is COc1cccc(C(Cl)c2cc(C)c(F)cc2Cl)c1. The zero-order chi connectivity index (χ0) is 14.0. The van der Waals surface area contributed by atoms with Crippen LogP contribution < -0.4 is 4.74 Å². The van der Waals surface area contributed by atoms with Gasteiger partial charge in [-0.1, -0.05) is 23.7 Å². The quantitative estimate of drug-likeness (QED) is 0.714. The molecule has 0 saturated heterocycles. The summed E-state index contributed by atoms with van der Waals surface area (Å²) in [4.78, 5) is 0. The second kappa shape index (κ2) is 5.81. The molecule has 0 saturated carbocycles. The third-order valence-corrected chi connectivity index (χ3v) is 3.75. The second-order valence-electron chi connectivity index (χ2n) is 4.26. The Balaban J connectivity index is 2.43.